The van der Waals surface area contributed by atoms with Crippen LogP contribution in [0, 0.1) is 0 Å². The third kappa shape index (κ3) is 4.87. The molecule has 3 heterocycles. The van der Waals surface area contributed by atoms with Gasteiger partial charge in [0.1, 0.15) is 5.82 Å². The van der Waals surface area contributed by atoms with Crippen LogP contribution >= 0.6 is 0 Å². The fourth-order valence-electron chi connectivity index (χ4n) is 8.10. The number of hydrogen-bond acceptors (Lipinski definition) is 2. The van der Waals surface area contributed by atoms with Gasteiger partial charge in [0.25, 0.3) is 0 Å². The van der Waals surface area contributed by atoms with Crippen LogP contribution in [-0.2, 0) is 0 Å². The highest BCUT2D eigenvalue weighted by Gasteiger charge is 2.47. The molecule has 8 aromatic rings. The van der Waals surface area contributed by atoms with Crippen molar-refractivity contribution in [2.75, 3.05) is 0 Å². The Labute approximate surface area is 299 Å². The Hall–Kier alpha value is -6.36. The van der Waals surface area contributed by atoms with Gasteiger partial charge in [0.15, 0.2) is 13.9 Å². The summed E-state index contributed by atoms with van der Waals surface area (Å²) in [6.45, 7) is 6.71. The SMILES string of the molecule is C=C/C(=C\C1=C(C)[Si](c2ccccc2)(c2ccccc2)c2ccccc21)c1cc(-n2c3ccccc3c3ccccc32)nc(-c2ccccc2)n1. The molecule has 0 fully saturated rings. The summed E-state index contributed by atoms with van der Waals surface area (Å²) >= 11 is 0. The minimum atomic E-state index is -2.57. The Kier molecular flexibility index (Phi) is 7.52. The van der Waals surface area contributed by atoms with Gasteiger partial charge in [-0.25, -0.2) is 9.97 Å². The fourth-order valence-corrected chi connectivity index (χ4v) is 13.3. The molecule has 0 atom stereocenters. The van der Waals surface area contributed by atoms with Gasteiger partial charge in [0.05, 0.1) is 16.7 Å². The molecule has 0 saturated heterocycles. The van der Waals surface area contributed by atoms with E-state index in [0.717, 1.165) is 33.7 Å². The van der Waals surface area contributed by atoms with E-state index in [1.807, 2.05) is 24.3 Å². The Balaban J connectivity index is 1.31. The van der Waals surface area contributed by atoms with E-state index in [2.05, 4.69) is 176 Å². The number of nitrogens with zero attached hydrogens (tertiary/aromatic N) is 3. The monoisotopic (exact) mass is 669 g/mol. The lowest BCUT2D eigenvalue weighted by Crippen LogP contribution is -2.67. The van der Waals surface area contributed by atoms with Crippen LogP contribution < -0.4 is 15.6 Å². The van der Waals surface area contributed by atoms with Gasteiger partial charge < -0.3 is 0 Å². The number of rotatable bonds is 7. The molecule has 6 aromatic carbocycles. The molecular weight excluding hydrogens is 635 g/mol. The first kappa shape index (κ1) is 30.7. The first-order chi connectivity index (χ1) is 25.2. The zero-order valence-electron chi connectivity index (χ0n) is 28.4. The summed E-state index contributed by atoms with van der Waals surface area (Å²) in [5.74, 6) is 1.49. The highest BCUT2D eigenvalue weighted by atomic mass is 28.3. The summed E-state index contributed by atoms with van der Waals surface area (Å²) in [7, 11) is -2.57. The molecule has 1 aliphatic heterocycles. The minimum Gasteiger partial charge on any atom is -0.294 e. The number of benzene rings is 6. The van der Waals surface area contributed by atoms with E-state index < -0.39 is 8.07 Å². The van der Waals surface area contributed by atoms with E-state index in [-0.39, 0.29) is 0 Å². The highest BCUT2D eigenvalue weighted by molar-refractivity contribution is 7.18. The van der Waals surface area contributed by atoms with E-state index in [0.29, 0.717) is 5.82 Å². The fraction of sp³-hybridized carbons (Fsp3) is 0.0213. The van der Waals surface area contributed by atoms with Crippen LogP contribution in [0.3, 0.4) is 0 Å². The van der Waals surface area contributed by atoms with Crippen molar-refractivity contribution >= 4 is 56.6 Å². The molecule has 0 radical (unpaired) electrons. The second kappa shape index (κ2) is 12.5. The topological polar surface area (TPSA) is 30.7 Å². The van der Waals surface area contributed by atoms with Gasteiger partial charge in [-0.2, -0.15) is 0 Å². The normalized spacial score (nSPS) is 13.9. The number of hydrogen-bond donors (Lipinski definition) is 0. The molecule has 0 spiro atoms. The lowest BCUT2D eigenvalue weighted by atomic mass is 10.0. The third-order valence-electron chi connectivity index (χ3n) is 10.4. The van der Waals surface area contributed by atoms with Crippen LogP contribution in [0.5, 0.6) is 0 Å². The van der Waals surface area contributed by atoms with E-state index in [9.17, 15) is 0 Å². The van der Waals surface area contributed by atoms with Gasteiger partial charge in [-0.15, -0.1) is 0 Å². The minimum absolute atomic E-state index is 0.674. The van der Waals surface area contributed by atoms with Gasteiger partial charge in [0, 0.05) is 28.0 Å². The Morgan fingerprint density at radius 3 is 1.75 bits per heavy atom. The summed E-state index contributed by atoms with van der Waals surface area (Å²) < 4.78 is 2.27. The molecule has 1 aliphatic rings. The van der Waals surface area contributed by atoms with Crippen molar-refractivity contribution < 1.29 is 0 Å². The van der Waals surface area contributed by atoms with E-state index in [1.165, 1.54) is 42.7 Å². The van der Waals surface area contributed by atoms with Gasteiger partial charge in [-0.05, 0) is 51.8 Å². The molecule has 3 nitrogen and oxygen atoms in total. The average Bonchev–Trinajstić information content (AvgIpc) is 3.67. The van der Waals surface area contributed by atoms with Crippen molar-refractivity contribution in [3.8, 4) is 17.2 Å². The summed E-state index contributed by atoms with van der Waals surface area (Å²) in [4.78, 5) is 10.5. The zero-order chi connectivity index (χ0) is 34.4. The third-order valence-corrected chi connectivity index (χ3v) is 15.4. The molecular formula is C47H35N3Si. The zero-order valence-corrected chi connectivity index (χ0v) is 29.4. The van der Waals surface area contributed by atoms with E-state index in [1.54, 1.807) is 0 Å². The first-order valence-corrected chi connectivity index (χ1v) is 19.4. The van der Waals surface area contributed by atoms with Crippen molar-refractivity contribution in [1.29, 1.82) is 0 Å². The van der Waals surface area contributed by atoms with Gasteiger partial charge in [-0.3, -0.25) is 4.57 Å². The predicted octanol–water partition coefficient (Wildman–Crippen LogP) is 9.31. The van der Waals surface area contributed by atoms with Gasteiger partial charge >= 0.3 is 0 Å². The Morgan fingerprint density at radius 1 is 0.608 bits per heavy atom. The molecule has 0 amide bonds. The van der Waals surface area contributed by atoms with Crippen LogP contribution in [0.1, 0.15) is 18.2 Å². The number of aromatic nitrogens is 3. The molecule has 0 unspecified atom stereocenters. The average molecular weight is 670 g/mol. The van der Waals surface area contributed by atoms with E-state index >= 15 is 0 Å². The second-order valence-electron chi connectivity index (χ2n) is 13.0. The van der Waals surface area contributed by atoms with Gasteiger partial charge in [-0.1, -0.05) is 170 Å². The van der Waals surface area contributed by atoms with Crippen molar-refractivity contribution in [3.63, 3.8) is 0 Å². The lowest BCUT2D eigenvalue weighted by Gasteiger charge is -2.32. The smallest absolute Gasteiger partial charge is 0.176 e. The summed E-state index contributed by atoms with van der Waals surface area (Å²) in [6, 6.07) is 60.6. The van der Waals surface area contributed by atoms with Gasteiger partial charge in [0.2, 0.25) is 0 Å². The maximum absolute atomic E-state index is 5.25. The second-order valence-corrected chi connectivity index (χ2v) is 17.0. The lowest BCUT2D eigenvalue weighted by molar-refractivity contribution is 1.04. The van der Waals surface area contributed by atoms with Crippen molar-refractivity contribution in [2.45, 2.75) is 6.92 Å². The highest BCUT2D eigenvalue weighted by Crippen LogP contribution is 2.37. The standard InChI is InChI=1S/C47H35N3Si/c1-3-34(31-41-33(2)51(36-21-9-5-10-22-36,37-23-11-6-12-24-37)45-30-18-15-27-40(41)45)42-32-46(49-47(48-42)35-19-7-4-8-20-35)50-43-28-16-13-25-38(43)39-26-14-17-29-44(39)50/h3-32H,1H2,2H3/b34-31+. The summed E-state index contributed by atoms with van der Waals surface area (Å²) in [6.07, 6.45) is 4.26. The number of allylic oxidation sites excluding steroid dienone is 5. The van der Waals surface area contributed by atoms with Crippen molar-refractivity contribution in [1.82, 2.24) is 14.5 Å². The summed E-state index contributed by atoms with van der Waals surface area (Å²) in [5, 5.41) is 7.97. The summed E-state index contributed by atoms with van der Waals surface area (Å²) in [5.41, 5.74) is 7.46. The predicted molar refractivity (Wildman–Crippen MR) is 217 cm³/mol. The molecule has 0 bridgehead atoms. The number of para-hydroxylation sites is 2. The van der Waals surface area contributed by atoms with E-state index in [4.69, 9.17) is 9.97 Å². The number of fused-ring (bicyclic) bond motifs is 4. The largest absolute Gasteiger partial charge is 0.294 e. The van der Waals surface area contributed by atoms with Crippen molar-refractivity contribution in [2.24, 2.45) is 0 Å². The molecule has 0 aliphatic carbocycles. The van der Waals surface area contributed by atoms with Crippen LogP contribution in [-0.4, -0.2) is 22.6 Å². The molecule has 9 rings (SSSR count). The molecule has 4 heteroatoms. The molecule has 242 valence electrons. The molecule has 2 aromatic heterocycles. The maximum Gasteiger partial charge on any atom is 0.176 e. The molecule has 51 heavy (non-hydrogen) atoms. The maximum atomic E-state index is 5.25. The Morgan fingerprint density at radius 2 is 1.14 bits per heavy atom. The van der Waals surface area contributed by atoms with Crippen molar-refractivity contribution in [3.05, 3.63) is 205 Å². The van der Waals surface area contributed by atoms with Crippen LogP contribution in [0.25, 0.3) is 50.2 Å². The van der Waals surface area contributed by atoms with Crippen LogP contribution in [0.4, 0.5) is 0 Å². The first-order valence-electron chi connectivity index (χ1n) is 17.4. The van der Waals surface area contributed by atoms with Crippen LogP contribution in [0.2, 0.25) is 0 Å². The Bertz CT molecular complexity index is 2560. The quantitative estimate of drug-likeness (QED) is 0.125. The van der Waals surface area contributed by atoms with Crippen LogP contribution in [0.15, 0.2) is 194 Å². The molecule has 0 saturated carbocycles. The molecule has 0 N–H and O–H groups in total.